The largest absolute Gasteiger partial charge is 3.00 e. The summed E-state index contributed by atoms with van der Waals surface area (Å²) in [5, 5.41) is 0.354. The second-order valence-electron chi connectivity index (χ2n) is 4.14. The van der Waals surface area contributed by atoms with E-state index in [2.05, 4.69) is 41.0 Å². The van der Waals surface area contributed by atoms with Gasteiger partial charge in [0.2, 0.25) is 0 Å². The third kappa shape index (κ3) is 6.37. The molecule has 0 bridgehead atoms. The molecule has 0 unspecified atom stereocenters. The molecule has 0 N–H and O–H groups in total. The van der Waals surface area contributed by atoms with Crippen molar-refractivity contribution in [3.05, 3.63) is 14.9 Å². The average Bonchev–Trinajstić information content (AvgIpc) is 1.62. The molecular weight excluding hydrogens is 242 g/mol. The molecule has 0 aliphatic carbocycles. The van der Waals surface area contributed by atoms with Crippen molar-refractivity contribution >= 4 is 20.6 Å². The Bertz CT molecular complexity index is 117. The van der Waals surface area contributed by atoms with Crippen molar-refractivity contribution in [1.82, 2.24) is 0 Å². The van der Waals surface area contributed by atoms with E-state index in [1.807, 2.05) is 0 Å². The van der Waals surface area contributed by atoms with E-state index in [0.717, 1.165) is 0 Å². The summed E-state index contributed by atoms with van der Waals surface area (Å²) in [6.07, 6.45) is 0. The molecule has 0 fully saturated rings. The minimum atomic E-state index is -0.272. The molecule has 0 aromatic carbocycles. The van der Waals surface area contributed by atoms with Gasteiger partial charge in [0, 0.05) is 13.3 Å². The minimum Gasteiger partial charge on any atom is -0.782 e. The normalized spacial score (nSPS) is 11.1. The van der Waals surface area contributed by atoms with Gasteiger partial charge in [0.1, 0.15) is 0 Å². The number of rotatable bonds is 2. The summed E-state index contributed by atoms with van der Waals surface area (Å²) in [4.78, 5) is 0. The quantitative estimate of drug-likeness (QED) is 0.319. The van der Waals surface area contributed by atoms with Gasteiger partial charge in [-0.2, -0.15) is 0 Å². The van der Waals surface area contributed by atoms with Crippen LogP contribution in [0.4, 0.5) is 0 Å². The van der Waals surface area contributed by atoms with Gasteiger partial charge in [-0.1, -0.05) is 13.8 Å². The van der Waals surface area contributed by atoms with Crippen molar-refractivity contribution in [1.29, 1.82) is 0 Å². The Kier molecular flexibility index (Phi) is 13.8. The van der Waals surface area contributed by atoms with Crippen LogP contribution in [0.2, 0.25) is 0 Å². The van der Waals surface area contributed by atoms with Crippen molar-refractivity contribution in [2.45, 2.75) is 37.6 Å². The van der Waals surface area contributed by atoms with Gasteiger partial charge >= 0.3 is 16.5 Å². The maximum Gasteiger partial charge on any atom is 3.00 e. The zero-order chi connectivity index (χ0) is 8.58. The molecule has 3 heteroatoms. The zero-order valence-corrected chi connectivity index (χ0v) is 13.0. The minimum absolute atomic E-state index is 0. The van der Waals surface area contributed by atoms with E-state index in [-0.39, 0.29) is 44.0 Å². The van der Waals surface area contributed by atoms with Crippen molar-refractivity contribution in [2.75, 3.05) is 13.3 Å². The molecule has 0 atom stereocenters. The van der Waals surface area contributed by atoms with Crippen LogP contribution in [0, 0.1) is 14.9 Å². The second-order valence-corrected chi connectivity index (χ2v) is 8.41. The van der Waals surface area contributed by atoms with E-state index in [4.69, 9.17) is 12.6 Å². The molecule has 0 aliphatic heterocycles. The van der Waals surface area contributed by atoms with E-state index in [9.17, 15) is 0 Å². The van der Waals surface area contributed by atoms with Crippen molar-refractivity contribution < 1.29 is 16.5 Å². The first kappa shape index (κ1) is 23.8. The van der Waals surface area contributed by atoms with Crippen LogP contribution in [0.1, 0.15) is 27.7 Å². The molecule has 0 aromatic rings. The van der Waals surface area contributed by atoms with Crippen LogP contribution in [0.3, 0.4) is 0 Å². The zero-order valence-electron chi connectivity index (χ0n) is 10.2. The second kappa shape index (κ2) is 7.55. The smallest absolute Gasteiger partial charge is 0.782 e. The van der Waals surface area contributed by atoms with Crippen molar-refractivity contribution in [2.24, 2.45) is 0 Å². The van der Waals surface area contributed by atoms with Crippen LogP contribution in [-0.4, -0.2) is 23.2 Å². The van der Waals surface area contributed by atoms with Gasteiger partial charge in [0.25, 0.3) is 0 Å². The first-order valence-electron chi connectivity index (χ1n) is 3.70. The molecule has 85 valence electrons. The van der Waals surface area contributed by atoms with Crippen LogP contribution in [0.25, 0.3) is 0 Å². The van der Waals surface area contributed by atoms with Gasteiger partial charge in [-0.05, 0) is 21.8 Å². The summed E-state index contributed by atoms with van der Waals surface area (Å²) in [7, 11) is -0.272. The van der Waals surface area contributed by atoms with E-state index >= 15 is 0 Å². The van der Waals surface area contributed by atoms with Crippen LogP contribution in [0.15, 0.2) is 0 Å². The van der Waals surface area contributed by atoms with Gasteiger partial charge in [0.05, 0.1) is 5.16 Å². The third-order valence-corrected chi connectivity index (χ3v) is 6.57. The van der Waals surface area contributed by atoms with Crippen molar-refractivity contribution in [3.63, 3.8) is 0 Å². The summed E-state index contributed by atoms with van der Waals surface area (Å²) < 4.78 is 0.0464. The van der Waals surface area contributed by atoms with Crippen LogP contribution < -0.4 is 0 Å². The monoisotopic (exact) mass is 266 g/mol. The first-order valence-corrected chi connectivity index (χ1v) is 6.61. The molecule has 0 nitrogen and oxygen atoms in total. The summed E-state index contributed by atoms with van der Waals surface area (Å²) in [6.45, 7) is 13.5. The molecule has 0 saturated heterocycles. The van der Waals surface area contributed by atoms with E-state index in [1.165, 1.54) is 0 Å². The summed E-state index contributed by atoms with van der Waals surface area (Å²) in [5.74, 6) is 0. The van der Waals surface area contributed by atoms with Gasteiger partial charge in [-0.25, -0.2) is 0 Å². The number of hydrogen-bond donors (Lipinski definition) is 0. The Balaban J connectivity index is -0.000000135. The van der Waals surface area contributed by atoms with Crippen LogP contribution in [-0.2, 0) is 29.1 Å². The maximum absolute atomic E-state index is 5.42. The van der Waals surface area contributed by atoms with Gasteiger partial charge < -0.3 is 27.5 Å². The molecule has 0 aromatic heterocycles. The van der Waals surface area contributed by atoms with E-state index in [1.54, 1.807) is 0 Å². The Morgan fingerprint density at radius 3 is 1.15 bits per heavy atom. The summed E-state index contributed by atoms with van der Waals surface area (Å²) >= 11 is 5.42. The fourth-order valence-electron chi connectivity index (χ4n) is 0.602. The predicted octanol–water partition coefficient (Wildman–Crippen LogP) is 3.46. The molecular formula is C10H25NiPS+. The molecule has 1 radical (unpaired) electrons. The molecule has 0 saturated carbocycles. The van der Waals surface area contributed by atoms with Crippen LogP contribution in [0.5, 0.6) is 0 Å². The molecule has 0 amide bonds. The average molecular weight is 267 g/mol. The van der Waals surface area contributed by atoms with Crippen molar-refractivity contribution in [3.8, 4) is 0 Å². The Morgan fingerprint density at radius 1 is 0.923 bits per heavy atom. The topological polar surface area (TPSA) is 0 Å². The molecule has 0 heterocycles. The van der Waals surface area contributed by atoms with Crippen LogP contribution >= 0.6 is 7.92 Å². The fraction of sp³-hybridized carbons (Fsp3) is 0.800. The molecule has 13 heavy (non-hydrogen) atoms. The summed E-state index contributed by atoms with van der Waals surface area (Å²) in [5.41, 5.74) is 0. The van der Waals surface area contributed by atoms with E-state index in [0.29, 0.717) is 5.16 Å². The summed E-state index contributed by atoms with van der Waals surface area (Å²) in [6, 6.07) is 0. The standard InChI is InChI=1S/C8H19PS.2CH3.Ni/c1-7(2,9(5)6)8(3,4)10;;;/h10H,1-6H3;2*1H3;/q;2*-1;+3. The molecule has 0 rings (SSSR count). The SMILES string of the molecule is C[PH+](C)C(C)(C)C(C)(C)[S-].[CH3-].[CH3-].[Ni+3]. The first-order chi connectivity index (χ1) is 4.19. The molecule has 0 spiro atoms. The Hall–Kier alpha value is 1.27. The predicted molar refractivity (Wildman–Crippen MR) is 68.5 cm³/mol. The Morgan fingerprint density at radius 2 is 1.15 bits per heavy atom. The maximum atomic E-state index is 5.42. The molecule has 0 aliphatic rings. The van der Waals surface area contributed by atoms with E-state index < -0.39 is 0 Å². The third-order valence-electron chi connectivity index (χ3n) is 2.76. The fourth-order valence-corrected chi connectivity index (χ4v) is 2.42. The van der Waals surface area contributed by atoms with Gasteiger partial charge in [-0.15, -0.1) is 4.75 Å². The van der Waals surface area contributed by atoms with Gasteiger partial charge in [-0.3, -0.25) is 0 Å². The van der Waals surface area contributed by atoms with Gasteiger partial charge in [0.15, 0.2) is 0 Å². The number of hydrogen-bond acceptors (Lipinski definition) is 1. The Labute approximate surface area is 103 Å².